The number of nitrogens with one attached hydrogen (secondary N) is 1. The highest BCUT2D eigenvalue weighted by Gasteiger charge is 2.28. The fraction of sp³-hybridized carbons (Fsp3) is 0.417. The largest absolute Gasteiger partial charge is 0.388 e. The minimum absolute atomic E-state index is 0.0671. The number of nitrogens with two attached hydrogens (primary N) is 1. The van der Waals surface area contributed by atoms with Crippen LogP contribution in [0, 0.1) is 0 Å². The third kappa shape index (κ3) is 2.43. The third-order valence-electron chi connectivity index (χ3n) is 3.05. The number of nitrogens with zero attached hydrogens (tertiary/aromatic N) is 2. The Morgan fingerprint density at radius 2 is 2.50 bits per heavy atom. The van der Waals surface area contributed by atoms with Crippen molar-refractivity contribution in [1.82, 2.24) is 10.3 Å². The van der Waals surface area contributed by atoms with Gasteiger partial charge in [-0.2, -0.15) is 0 Å². The van der Waals surface area contributed by atoms with Gasteiger partial charge in [-0.3, -0.25) is 9.78 Å². The van der Waals surface area contributed by atoms with Crippen molar-refractivity contribution in [1.29, 1.82) is 0 Å². The summed E-state index contributed by atoms with van der Waals surface area (Å²) in [6.07, 6.45) is 2.43. The summed E-state index contributed by atoms with van der Waals surface area (Å²) >= 11 is 4.92. The Bertz CT molecular complexity index is 477. The third-order valence-corrected chi connectivity index (χ3v) is 3.25. The van der Waals surface area contributed by atoms with Crippen molar-refractivity contribution < 1.29 is 4.79 Å². The molecule has 1 aliphatic heterocycles. The normalized spacial score (nSPS) is 19.5. The van der Waals surface area contributed by atoms with Crippen LogP contribution < -0.4 is 16.0 Å². The van der Waals surface area contributed by atoms with Crippen LogP contribution in [0.25, 0.3) is 0 Å². The molecule has 0 aromatic carbocycles. The van der Waals surface area contributed by atoms with Crippen LogP contribution in [0.2, 0.25) is 0 Å². The van der Waals surface area contributed by atoms with Crippen molar-refractivity contribution in [3.8, 4) is 0 Å². The zero-order valence-electron chi connectivity index (χ0n) is 10.2. The van der Waals surface area contributed by atoms with Crippen LogP contribution >= 0.6 is 12.2 Å². The van der Waals surface area contributed by atoms with Crippen LogP contribution in [0.3, 0.4) is 0 Å². The lowest BCUT2D eigenvalue weighted by atomic mass is 10.1. The van der Waals surface area contributed by atoms with Gasteiger partial charge in [-0.25, -0.2) is 0 Å². The van der Waals surface area contributed by atoms with Crippen molar-refractivity contribution >= 4 is 28.8 Å². The number of hydrogen-bond donors (Lipinski definition) is 2. The molecule has 1 aromatic heterocycles. The molecule has 0 bridgehead atoms. The number of anilines is 1. The Morgan fingerprint density at radius 3 is 3.17 bits per heavy atom. The topological polar surface area (TPSA) is 71.2 Å². The molecule has 1 aromatic rings. The molecule has 1 unspecified atom stereocenters. The lowest BCUT2D eigenvalue weighted by Crippen LogP contribution is -2.55. The first-order chi connectivity index (χ1) is 8.63. The summed E-state index contributed by atoms with van der Waals surface area (Å²) in [6, 6.07) is 3.58. The molecule has 1 aliphatic rings. The van der Waals surface area contributed by atoms with Gasteiger partial charge >= 0.3 is 0 Å². The van der Waals surface area contributed by atoms with Crippen molar-refractivity contribution in [2.45, 2.75) is 19.4 Å². The van der Waals surface area contributed by atoms with E-state index in [0.717, 1.165) is 18.7 Å². The van der Waals surface area contributed by atoms with E-state index in [2.05, 4.69) is 15.2 Å². The second-order valence-electron chi connectivity index (χ2n) is 4.17. The molecule has 2 rings (SSSR count). The van der Waals surface area contributed by atoms with Crippen LogP contribution in [0.1, 0.15) is 19.0 Å². The molecule has 96 valence electrons. The number of piperazine rings is 1. The summed E-state index contributed by atoms with van der Waals surface area (Å²) in [5.74, 6) is 0.0671. The standard InChI is InChI=1S/C12H16N4OS/c1-2-10-12(17)15-5-6-16(10)8-3-4-14-9(7-8)11(13)18/h3-4,7,10H,2,5-6H2,1H3,(H2,13,18)(H,15,17). The summed E-state index contributed by atoms with van der Waals surface area (Å²) in [6.45, 7) is 3.43. The summed E-state index contributed by atoms with van der Waals surface area (Å²) in [7, 11) is 0. The summed E-state index contributed by atoms with van der Waals surface area (Å²) < 4.78 is 0. The smallest absolute Gasteiger partial charge is 0.242 e. The first-order valence-corrected chi connectivity index (χ1v) is 6.34. The highest BCUT2D eigenvalue weighted by atomic mass is 32.1. The minimum Gasteiger partial charge on any atom is -0.388 e. The van der Waals surface area contributed by atoms with Gasteiger partial charge in [0, 0.05) is 25.0 Å². The molecular formula is C12H16N4OS. The molecule has 0 radical (unpaired) electrons. The maximum Gasteiger partial charge on any atom is 0.242 e. The van der Waals surface area contributed by atoms with Gasteiger partial charge in [0.15, 0.2) is 0 Å². The maximum absolute atomic E-state index is 11.8. The quantitative estimate of drug-likeness (QED) is 0.775. The lowest BCUT2D eigenvalue weighted by Gasteiger charge is -2.36. The first kappa shape index (κ1) is 12.8. The highest BCUT2D eigenvalue weighted by molar-refractivity contribution is 7.80. The van der Waals surface area contributed by atoms with E-state index >= 15 is 0 Å². The summed E-state index contributed by atoms with van der Waals surface area (Å²) in [4.78, 5) is 18.3. The molecule has 5 nitrogen and oxygen atoms in total. The second kappa shape index (κ2) is 5.30. The molecule has 18 heavy (non-hydrogen) atoms. The first-order valence-electron chi connectivity index (χ1n) is 5.93. The van der Waals surface area contributed by atoms with Gasteiger partial charge < -0.3 is 16.0 Å². The molecule has 1 fully saturated rings. The van der Waals surface area contributed by atoms with Gasteiger partial charge in [-0.1, -0.05) is 19.1 Å². The Morgan fingerprint density at radius 1 is 1.72 bits per heavy atom. The predicted molar refractivity (Wildman–Crippen MR) is 74.6 cm³/mol. The number of hydrogen-bond acceptors (Lipinski definition) is 4. The zero-order chi connectivity index (χ0) is 13.1. The zero-order valence-corrected chi connectivity index (χ0v) is 11.0. The molecule has 6 heteroatoms. The van der Waals surface area contributed by atoms with Crippen LogP contribution in [0.4, 0.5) is 5.69 Å². The van der Waals surface area contributed by atoms with Crippen molar-refractivity contribution in [2.75, 3.05) is 18.0 Å². The van der Waals surface area contributed by atoms with Crippen LogP contribution in [0.15, 0.2) is 18.3 Å². The van der Waals surface area contributed by atoms with E-state index in [9.17, 15) is 4.79 Å². The molecule has 0 aliphatic carbocycles. The van der Waals surface area contributed by atoms with Crippen LogP contribution in [-0.2, 0) is 4.79 Å². The van der Waals surface area contributed by atoms with E-state index in [0.29, 0.717) is 12.2 Å². The maximum atomic E-state index is 11.8. The van der Waals surface area contributed by atoms with Gasteiger partial charge in [0.25, 0.3) is 0 Å². The number of rotatable bonds is 3. The van der Waals surface area contributed by atoms with Gasteiger partial charge in [0.2, 0.25) is 5.91 Å². The molecule has 1 amide bonds. The average molecular weight is 264 g/mol. The fourth-order valence-electron chi connectivity index (χ4n) is 2.16. The fourth-order valence-corrected chi connectivity index (χ4v) is 2.27. The number of thiocarbonyl (C=S) groups is 1. The molecule has 2 heterocycles. The van der Waals surface area contributed by atoms with Crippen molar-refractivity contribution in [3.63, 3.8) is 0 Å². The second-order valence-corrected chi connectivity index (χ2v) is 4.61. The Balaban J connectivity index is 2.31. The van der Waals surface area contributed by atoms with E-state index in [4.69, 9.17) is 18.0 Å². The number of pyridine rings is 1. The number of amides is 1. The van der Waals surface area contributed by atoms with Gasteiger partial charge in [-0.05, 0) is 18.6 Å². The Hall–Kier alpha value is -1.69. The van der Waals surface area contributed by atoms with Gasteiger partial charge in [0.05, 0.1) is 5.69 Å². The van der Waals surface area contributed by atoms with E-state index in [-0.39, 0.29) is 16.9 Å². The minimum atomic E-state index is -0.139. The molecule has 0 saturated carbocycles. The molecule has 1 atom stereocenters. The van der Waals surface area contributed by atoms with E-state index < -0.39 is 0 Å². The number of carbonyl (C=O) groups excluding carboxylic acids is 1. The molecule has 0 spiro atoms. The number of carbonyl (C=O) groups is 1. The van der Waals surface area contributed by atoms with E-state index in [1.54, 1.807) is 6.20 Å². The Labute approximate surface area is 111 Å². The molecular weight excluding hydrogens is 248 g/mol. The number of aromatic nitrogens is 1. The monoisotopic (exact) mass is 264 g/mol. The predicted octanol–water partition coefficient (Wildman–Crippen LogP) is 0.431. The molecule has 3 N–H and O–H groups in total. The lowest BCUT2D eigenvalue weighted by molar-refractivity contribution is -0.123. The summed E-state index contributed by atoms with van der Waals surface area (Å²) in [5, 5.41) is 2.87. The van der Waals surface area contributed by atoms with E-state index in [1.807, 2.05) is 19.1 Å². The summed E-state index contributed by atoms with van der Waals surface area (Å²) in [5.41, 5.74) is 7.10. The van der Waals surface area contributed by atoms with Crippen molar-refractivity contribution in [2.24, 2.45) is 5.73 Å². The van der Waals surface area contributed by atoms with Crippen LogP contribution in [0.5, 0.6) is 0 Å². The van der Waals surface area contributed by atoms with E-state index in [1.165, 1.54) is 0 Å². The van der Waals surface area contributed by atoms with Gasteiger partial charge in [0.1, 0.15) is 11.0 Å². The highest BCUT2D eigenvalue weighted by Crippen LogP contribution is 2.20. The van der Waals surface area contributed by atoms with Crippen molar-refractivity contribution in [3.05, 3.63) is 24.0 Å². The van der Waals surface area contributed by atoms with Crippen LogP contribution in [-0.4, -0.2) is 35.0 Å². The van der Waals surface area contributed by atoms with Gasteiger partial charge in [-0.15, -0.1) is 0 Å². The SMILES string of the molecule is CCC1C(=O)NCCN1c1ccnc(C(N)=S)c1. The Kier molecular flexibility index (Phi) is 3.76. The average Bonchev–Trinajstić information content (AvgIpc) is 2.38. The molecule has 1 saturated heterocycles.